The molecule has 0 radical (unpaired) electrons. The summed E-state index contributed by atoms with van der Waals surface area (Å²) in [5.74, 6) is 0.0168. The molecule has 4 heteroatoms. The van der Waals surface area contributed by atoms with Gasteiger partial charge in [0.15, 0.2) is 5.17 Å². The van der Waals surface area contributed by atoms with Crippen LogP contribution in [-0.4, -0.2) is 22.5 Å². The lowest BCUT2D eigenvalue weighted by Gasteiger charge is -2.11. The maximum atomic E-state index is 11.1. The Kier molecular flexibility index (Phi) is 1.92. The number of carbonyl (C=O) groups is 1. The van der Waals surface area contributed by atoms with E-state index in [2.05, 4.69) is 16.1 Å². The van der Waals surface area contributed by atoms with E-state index in [0.717, 1.165) is 18.1 Å². The van der Waals surface area contributed by atoms with Gasteiger partial charge in [-0.1, -0.05) is 11.8 Å². The first-order valence-corrected chi connectivity index (χ1v) is 4.82. The molecule has 0 aliphatic carbocycles. The van der Waals surface area contributed by atoms with Gasteiger partial charge in [0, 0.05) is 24.1 Å². The fourth-order valence-electron chi connectivity index (χ4n) is 1.31. The van der Waals surface area contributed by atoms with E-state index in [0.29, 0.717) is 6.42 Å². The minimum atomic E-state index is 0.0168. The van der Waals surface area contributed by atoms with Crippen molar-refractivity contribution in [3.05, 3.63) is 11.1 Å². The van der Waals surface area contributed by atoms with E-state index in [1.165, 1.54) is 4.91 Å². The highest BCUT2D eigenvalue weighted by molar-refractivity contribution is 8.17. The predicted octanol–water partition coefficient (Wildman–Crippen LogP) is 1.57. The topological polar surface area (TPSA) is 32.7 Å². The molecule has 12 heavy (non-hydrogen) atoms. The average Bonchev–Trinajstić information content (AvgIpc) is 2.23. The van der Waals surface area contributed by atoms with Gasteiger partial charge in [0.1, 0.15) is 0 Å². The van der Waals surface area contributed by atoms with Crippen LogP contribution in [0.3, 0.4) is 0 Å². The van der Waals surface area contributed by atoms with Gasteiger partial charge in [-0.3, -0.25) is 4.79 Å². The van der Waals surface area contributed by atoms with Crippen LogP contribution >= 0.6 is 11.8 Å². The molecule has 0 spiro atoms. The first-order valence-electron chi connectivity index (χ1n) is 4.00. The molecule has 3 nitrogen and oxygen atoms in total. The van der Waals surface area contributed by atoms with Gasteiger partial charge < -0.3 is 4.90 Å². The summed E-state index contributed by atoms with van der Waals surface area (Å²) in [6.45, 7) is 2.96. The Morgan fingerprint density at radius 2 is 2.50 bits per heavy atom. The summed E-state index contributed by atoms with van der Waals surface area (Å²) in [4.78, 5) is 18.4. The number of hydrogen-bond acceptors (Lipinski definition) is 3. The summed E-state index contributed by atoms with van der Waals surface area (Å²) in [5.41, 5.74) is 0. The minimum absolute atomic E-state index is 0.0168. The molecule has 1 amide bonds. The van der Waals surface area contributed by atoms with Crippen molar-refractivity contribution in [2.45, 2.75) is 19.8 Å². The van der Waals surface area contributed by atoms with Crippen LogP contribution in [-0.2, 0) is 4.79 Å². The molecule has 0 saturated heterocycles. The summed E-state index contributed by atoms with van der Waals surface area (Å²) < 4.78 is 0. The summed E-state index contributed by atoms with van der Waals surface area (Å²) in [7, 11) is 0. The zero-order valence-electron chi connectivity index (χ0n) is 6.91. The van der Waals surface area contributed by atoms with E-state index < -0.39 is 0 Å². The van der Waals surface area contributed by atoms with Crippen LogP contribution in [0.4, 0.5) is 0 Å². The quantitative estimate of drug-likeness (QED) is 0.570. The summed E-state index contributed by atoms with van der Waals surface area (Å²) in [6, 6.07) is 0. The lowest BCUT2D eigenvalue weighted by molar-refractivity contribution is -0.117. The zero-order valence-corrected chi connectivity index (χ0v) is 7.73. The summed E-state index contributed by atoms with van der Waals surface area (Å²) in [5, 5.41) is 0.856. The monoisotopic (exact) mass is 182 g/mol. The van der Waals surface area contributed by atoms with Crippen LogP contribution in [0.15, 0.2) is 16.1 Å². The third-order valence-electron chi connectivity index (χ3n) is 1.85. The fourth-order valence-corrected chi connectivity index (χ4v) is 2.19. The van der Waals surface area contributed by atoms with Gasteiger partial charge in [-0.25, -0.2) is 0 Å². The number of amides is 1. The van der Waals surface area contributed by atoms with Crippen molar-refractivity contribution in [1.82, 2.24) is 4.90 Å². The third-order valence-corrected chi connectivity index (χ3v) is 2.78. The normalized spacial score (nSPS) is 23.1. The molecular formula is C8H10N2OS. The third kappa shape index (κ3) is 1.39. The highest BCUT2D eigenvalue weighted by Gasteiger charge is 2.21. The summed E-state index contributed by atoms with van der Waals surface area (Å²) in [6.07, 6.45) is 3.56. The van der Waals surface area contributed by atoms with E-state index in [1.807, 2.05) is 6.92 Å². The van der Waals surface area contributed by atoms with Crippen molar-refractivity contribution < 1.29 is 4.79 Å². The molecule has 0 aromatic heterocycles. The lowest BCUT2D eigenvalue weighted by Crippen LogP contribution is -2.18. The second-order valence-corrected chi connectivity index (χ2v) is 4.14. The molecule has 2 heterocycles. The van der Waals surface area contributed by atoms with Crippen LogP contribution in [0, 0.1) is 0 Å². The Hall–Kier alpha value is -0.770. The Labute approximate surface area is 75.5 Å². The van der Waals surface area contributed by atoms with Crippen molar-refractivity contribution in [3.63, 3.8) is 0 Å². The Morgan fingerprint density at radius 1 is 1.67 bits per heavy atom. The van der Waals surface area contributed by atoms with Gasteiger partial charge in [-0.05, 0) is 13.3 Å². The van der Waals surface area contributed by atoms with Crippen LogP contribution < -0.4 is 0 Å². The molecule has 2 rings (SSSR count). The molecular weight excluding hydrogens is 172 g/mol. The number of rotatable bonds is 0. The van der Waals surface area contributed by atoms with E-state index >= 15 is 0 Å². The molecule has 0 bridgehead atoms. The van der Waals surface area contributed by atoms with E-state index in [9.17, 15) is 4.79 Å². The highest BCUT2D eigenvalue weighted by atomic mass is 32.2. The van der Waals surface area contributed by atoms with Gasteiger partial charge in [0.05, 0.1) is 0 Å². The molecule has 0 aromatic rings. The maximum Gasteiger partial charge on any atom is 0.248 e. The van der Waals surface area contributed by atoms with Crippen molar-refractivity contribution >= 4 is 22.8 Å². The predicted molar refractivity (Wildman–Crippen MR) is 49.7 cm³/mol. The average molecular weight is 182 g/mol. The van der Waals surface area contributed by atoms with Crippen LogP contribution in [0.1, 0.15) is 19.8 Å². The zero-order chi connectivity index (χ0) is 8.55. The first kappa shape index (κ1) is 7.86. The number of thioether (sulfide) groups is 1. The number of carbonyl (C=O) groups excluding carboxylic acids is 1. The molecule has 0 N–H and O–H groups in total. The highest BCUT2D eigenvalue weighted by Crippen LogP contribution is 2.29. The van der Waals surface area contributed by atoms with Gasteiger partial charge in [0.25, 0.3) is 0 Å². The Morgan fingerprint density at radius 3 is 3.33 bits per heavy atom. The standard InChI is InChI=1S/C8H10N2OS/c1-6-5-10-4-2-3-7(11)9-8(10)12-6/h5H,2-4H2,1H3. The van der Waals surface area contributed by atoms with Crippen molar-refractivity contribution in [1.29, 1.82) is 0 Å². The molecule has 2 aliphatic rings. The molecule has 0 aromatic carbocycles. The molecule has 0 atom stereocenters. The minimum Gasteiger partial charge on any atom is -0.326 e. The first-order chi connectivity index (χ1) is 5.75. The van der Waals surface area contributed by atoms with Crippen molar-refractivity contribution in [2.24, 2.45) is 4.99 Å². The molecule has 0 saturated carbocycles. The largest absolute Gasteiger partial charge is 0.326 e. The molecule has 64 valence electrons. The van der Waals surface area contributed by atoms with Crippen LogP contribution in [0.2, 0.25) is 0 Å². The number of fused-ring (bicyclic) bond motifs is 1. The van der Waals surface area contributed by atoms with Crippen molar-refractivity contribution in [3.8, 4) is 0 Å². The van der Waals surface area contributed by atoms with E-state index in [1.54, 1.807) is 11.8 Å². The number of amidine groups is 1. The Balaban J connectivity index is 2.25. The maximum absolute atomic E-state index is 11.1. The van der Waals surface area contributed by atoms with Crippen LogP contribution in [0.5, 0.6) is 0 Å². The van der Waals surface area contributed by atoms with E-state index in [4.69, 9.17) is 0 Å². The smallest absolute Gasteiger partial charge is 0.248 e. The summed E-state index contributed by atoms with van der Waals surface area (Å²) >= 11 is 1.58. The van der Waals surface area contributed by atoms with Gasteiger partial charge in [-0.2, -0.15) is 4.99 Å². The second-order valence-electron chi connectivity index (χ2n) is 2.93. The van der Waals surface area contributed by atoms with Gasteiger partial charge in [0.2, 0.25) is 5.91 Å². The lowest BCUT2D eigenvalue weighted by atomic mass is 10.3. The molecule has 2 aliphatic heterocycles. The number of aliphatic imine (C=N–C) groups is 1. The second kappa shape index (κ2) is 2.94. The number of hydrogen-bond donors (Lipinski definition) is 0. The van der Waals surface area contributed by atoms with Gasteiger partial charge >= 0.3 is 0 Å². The Bertz CT molecular complexity index is 283. The van der Waals surface area contributed by atoms with Gasteiger partial charge in [-0.15, -0.1) is 0 Å². The van der Waals surface area contributed by atoms with E-state index in [-0.39, 0.29) is 5.91 Å². The van der Waals surface area contributed by atoms with Crippen molar-refractivity contribution in [2.75, 3.05) is 6.54 Å². The number of nitrogens with zero attached hydrogens (tertiary/aromatic N) is 2. The van der Waals surface area contributed by atoms with Crippen LogP contribution in [0.25, 0.3) is 0 Å². The number of allylic oxidation sites excluding steroid dienone is 1. The molecule has 0 unspecified atom stereocenters. The molecule has 0 fully saturated rings. The fraction of sp³-hybridized carbons (Fsp3) is 0.500. The SMILES string of the molecule is CC1=CN2CCCC(=O)N=C2S1.